The summed E-state index contributed by atoms with van der Waals surface area (Å²) in [6.07, 6.45) is 5.25. The maximum atomic E-state index is 11.1. The molecule has 1 unspecified atom stereocenters. The number of aromatic nitrogens is 1. The Kier molecular flexibility index (Phi) is 3.70. The van der Waals surface area contributed by atoms with Gasteiger partial charge in [0.1, 0.15) is 0 Å². The number of hydrogen-bond acceptors (Lipinski definition) is 5. The van der Waals surface area contributed by atoms with Crippen LogP contribution in [-0.4, -0.2) is 34.7 Å². The first-order valence-corrected chi connectivity index (χ1v) is 7.07. The number of fused-ring (bicyclic) bond motifs is 1. The van der Waals surface area contributed by atoms with Crippen molar-refractivity contribution in [3.63, 3.8) is 0 Å². The van der Waals surface area contributed by atoms with Crippen LogP contribution in [0.1, 0.15) is 12.8 Å². The van der Waals surface area contributed by atoms with E-state index in [4.69, 9.17) is 0 Å². The molecule has 1 atom stereocenters. The standard InChI is InChI=1S/C15H17N3O3/c19-10-11-2-1-7-17(9-11)14-3-4-15(18(20)21)13-8-16-6-5-12(13)14/h3-6,8,11,19H,1-2,7,9-10H2. The van der Waals surface area contributed by atoms with Gasteiger partial charge in [-0.2, -0.15) is 0 Å². The molecule has 0 spiro atoms. The van der Waals surface area contributed by atoms with Gasteiger partial charge in [0.2, 0.25) is 0 Å². The van der Waals surface area contributed by atoms with E-state index < -0.39 is 0 Å². The van der Waals surface area contributed by atoms with Crippen molar-refractivity contribution in [2.45, 2.75) is 12.8 Å². The predicted octanol–water partition coefficient (Wildman–Crippen LogP) is 2.35. The number of piperidine rings is 1. The molecule has 0 saturated carbocycles. The summed E-state index contributed by atoms with van der Waals surface area (Å²) in [6, 6.07) is 5.17. The Morgan fingerprint density at radius 2 is 2.24 bits per heavy atom. The highest BCUT2D eigenvalue weighted by Gasteiger charge is 2.23. The van der Waals surface area contributed by atoms with Crippen molar-refractivity contribution in [3.8, 4) is 0 Å². The molecule has 1 N–H and O–H groups in total. The number of anilines is 1. The summed E-state index contributed by atoms with van der Waals surface area (Å²) in [5.41, 5.74) is 1.06. The fourth-order valence-electron chi connectivity index (χ4n) is 3.03. The van der Waals surface area contributed by atoms with E-state index in [2.05, 4.69) is 9.88 Å². The van der Waals surface area contributed by atoms with Gasteiger partial charge < -0.3 is 10.0 Å². The number of pyridine rings is 1. The van der Waals surface area contributed by atoms with Crippen LogP contribution in [0.5, 0.6) is 0 Å². The molecular weight excluding hydrogens is 270 g/mol. The minimum atomic E-state index is -0.374. The molecule has 2 heterocycles. The van der Waals surface area contributed by atoms with Crippen LogP contribution in [0, 0.1) is 16.0 Å². The molecule has 2 aromatic rings. The van der Waals surface area contributed by atoms with E-state index in [1.807, 2.05) is 6.07 Å². The zero-order chi connectivity index (χ0) is 14.8. The molecule has 6 heteroatoms. The lowest BCUT2D eigenvalue weighted by Gasteiger charge is -2.34. The monoisotopic (exact) mass is 287 g/mol. The maximum absolute atomic E-state index is 11.1. The van der Waals surface area contributed by atoms with Crippen LogP contribution >= 0.6 is 0 Å². The van der Waals surface area contributed by atoms with Crippen molar-refractivity contribution in [1.29, 1.82) is 0 Å². The SMILES string of the molecule is O=[N+]([O-])c1ccc(N2CCCC(CO)C2)c2ccncc12. The molecule has 1 saturated heterocycles. The Labute approximate surface area is 122 Å². The summed E-state index contributed by atoms with van der Waals surface area (Å²) in [5, 5.41) is 21.9. The van der Waals surface area contributed by atoms with Gasteiger partial charge in [0.05, 0.1) is 10.3 Å². The molecule has 1 aromatic carbocycles. The van der Waals surface area contributed by atoms with Crippen LogP contribution in [0.25, 0.3) is 10.8 Å². The number of nitro groups is 1. The minimum Gasteiger partial charge on any atom is -0.396 e. The summed E-state index contributed by atoms with van der Waals surface area (Å²) in [4.78, 5) is 17.0. The van der Waals surface area contributed by atoms with Crippen molar-refractivity contribution in [3.05, 3.63) is 40.7 Å². The number of aliphatic hydroxyl groups excluding tert-OH is 1. The second-order valence-corrected chi connectivity index (χ2v) is 5.42. The molecule has 0 amide bonds. The van der Waals surface area contributed by atoms with Gasteiger partial charge in [-0.3, -0.25) is 15.1 Å². The van der Waals surface area contributed by atoms with Crippen molar-refractivity contribution < 1.29 is 10.0 Å². The molecule has 1 aromatic heterocycles. The normalized spacial score (nSPS) is 18.9. The molecule has 6 nitrogen and oxygen atoms in total. The zero-order valence-electron chi connectivity index (χ0n) is 11.6. The number of rotatable bonds is 3. The fraction of sp³-hybridized carbons (Fsp3) is 0.400. The van der Waals surface area contributed by atoms with Crippen molar-refractivity contribution >= 4 is 22.1 Å². The molecule has 1 aliphatic rings. The van der Waals surface area contributed by atoms with Crippen LogP contribution in [0.3, 0.4) is 0 Å². The first kappa shape index (κ1) is 13.8. The molecule has 0 bridgehead atoms. The first-order chi connectivity index (χ1) is 10.2. The molecule has 1 fully saturated rings. The smallest absolute Gasteiger partial charge is 0.278 e. The van der Waals surface area contributed by atoms with Gasteiger partial charge in [0, 0.05) is 49.2 Å². The molecule has 3 rings (SSSR count). The third kappa shape index (κ3) is 2.54. The van der Waals surface area contributed by atoms with Gasteiger partial charge in [-0.15, -0.1) is 0 Å². The quantitative estimate of drug-likeness (QED) is 0.692. The largest absolute Gasteiger partial charge is 0.396 e. The second-order valence-electron chi connectivity index (χ2n) is 5.42. The van der Waals surface area contributed by atoms with Gasteiger partial charge in [0.15, 0.2) is 0 Å². The van der Waals surface area contributed by atoms with Gasteiger partial charge in [-0.1, -0.05) is 0 Å². The number of nitro benzene ring substituents is 1. The summed E-state index contributed by atoms with van der Waals surface area (Å²) in [5.74, 6) is 0.269. The Bertz CT molecular complexity index is 674. The van der Waals surface area contributed by atoms with Gasteiger partial charge in [-0.05, 0) is 30.9 Å². The molecule has 110 valence electrons. The van der Waals surface area contributed by atoms with E-state index >= 15 is 0 Å². The van der Waals surface area contributed by atoms with Crippen molar-refractivity contribution in [2.24, 2.45) is 5.92 Å². The lowest BCUT2D eigenvalue weighted by Crippen LogP contribution is -2.36. The van der Waals surface area contributed by atoms with Crippen LogP contribution in [0.15, 0.2) is 30.6 Å². The highest BCUT2D eigenvalue weighted by atomic mass is 16.6. The van der Waals surface area contributed by atoms with E-state index in [0.29, 0.717) is 5.39 Å². The Morgan fingerprint density at radius 1 is 1.38 bits per heavy atom. The fourth-order valence-corrected chi connectivity index (χ4v) is 3.03. The highest BCUT2D eigenvalue weighted by molar-refractivity contribution is 5.99. The summed E-state index contributed by atoms with van der Waals surface area (Å²) in [6.45, 7) is 1.88. The summed E-state index contributed by atoms with van der Waals surface area (Å²) in [7, 11) is 0. The molecule has 0 radical (unpaired) electrons. The number of aliphatic hydroxyl groups is 1. The Morgan fingerprint density at radius 3 is 3.00 bits per heavy atom. The summed E-state index contributed by atoms with van der Waals surface area (Å²) < 4.78 is 0. The molecular formula is C15H17N3O3. The molecule has 0 aliphatic carbocycles. The average molecular weight is 287 g/mol. The topological polar surface area (TPSA) is 79.5 Å². The third-order valence-corrected chi connectivity index (χ3v) is 4.09. The minimum absolute atomic E-state index is 0.0811. The van der Waals surface area contributed by atoms with Gasteiger partial charge in [-0.25, -0.2) is 0 Å². The lowest BCUT2D eigenvalue weighted by molar-refractivity contribution is -0.383. The summed E-state index contributed by atoms with van der Waals surface area (Å²) >= 11 is 0. The van der Waals surface area contributed by atoms with Crippen LogP contribution in [0.4, 0.5) is 11.4 Å². The second kappa shape index (κ2) is 5.65. The Balaban J connectivity index is 2.07. The number of benzene rings is 1. The number of hydrogen-bond donors (Lipinski definition) is 1. The van der Waals surface area contributed by atoms with E-state index in [1.165, 1.54) is 0 Å². The van der Waals surface area contributed by atoms with Crippen molar-refractivity contribution in [2.75, 3.05) is 24.6 Å². The van der Waals surface area contributed by atoms with E-state index in [0.717, 1.165) is 37.0 Å². The Hall–Kier alpha value is -2.21. The lowest BCUT2D eigenvalue weighted by atomic mass is 9.97. The molecule has 1 aliphatic heterocycles. The van der Waals surface area contributed by atoms with Crippen LogP contribution in [0.2, 0.25) is 0 Å². The van der Waals surface area contributed by atoms with E-state index in [-0.39, 0.29) is 23.1 Å². The van der Waals surface area contributed by atoms with E-state index in [9.17, 15) is 15.2 Å². The zero-order valence-corrected chi connectivity index (χ0v) is 11.6. The van der Waals surface area contributed by atoms with Gasteiger partial charge in [0.25, 0.3) is 5.69 Å². The van der Waals surface area contributed by atoms with Crippen LogP contribution in [-0.2, 0) is 0 Å². The number of non-ortho nitro benzene ring substituents is 1. The predicted molar refractivity (Wildman–Crippen MR) is 80.4 cm³/mol. The van der Waals surface area contributed by atoms with Crippen LogP contribution < -0.4 is 4.90 Å². The van der Waals surface area contributed by atoms with Gasteiger partial charge >= 0.3 is 0 Å². The third-order valence-electron chi connectivity index (χ3n) is 4.09. The highest BCUT2D eigenvalue weighted by Crippen LogP contribution is 2.34. The number of nitrogens with zero attached hydrogens (tertiary/aromatic N) is 3. The molecule has 21 heavy (non-hydrogen) atoms. The first-order valence-electron chi connectivity index (χ1n) is 7.07. The average Bonchev–Trinajstić information content (AvgIpc) is 2.53. The van der Waals surface area contributed by atoms with E-state index in [1.54, 1.807) is 24.5 Å². The van der Waals surface area contributed by atoms with Crippen molar-refractivity contribution in [1.82, 2.24) is 4.98 Å². The maximum Gasteiger partial charge on any atom is 0.278 e.